The van der Waals surface area contributed by atoms with Crippen LogP contribution in [0.3, 0.4) is 0 Å². The molecule has 3 rings (SSSR count). The van der Waals surface area contributed by atoms with Crippen molar-refractivity contribution in [1.29, 1.82) is 0 Å². The third-order valence-corrected chi connectivity index (χ3v) is 5.80. The van der Waals surface area contributed by atoms with Crippen LogP contribution in [0.1, 0.15) is 35.2 Å². The molecule has 0 aliphatic rings. The van der Waals surface area contributed by atoms with Gasteiger partial charge in [-0.2, -0.15) is 0 Å². The molecule has 1 unspecified atom stereocenters. The first-order valence-electron chi connectivity index (χ1n) is 9.70. The van der Waals surface area contributed by atoms with Gasteiger partial charge in [0.15, 0.2) is 0 Å². The topological polar surface area (TPSA) is 41.1 Å². The molecule has 3 aromatic rings. The third-order valence-electron chi connectivity index (χ3n) is 4.98. The van der Waals surface area contributed by atoms with Gasteiger partial charge in [-0.25, -0.2) is 0 Å². The summed E-state index contributed by atoms with van der Waals surface area (Å²) >= 11 is 18.6. The number of amides is 1. The zero-order chi connectivity index (χ0) is 21.5. The molecule has 0 aromatic heterocycles. The highest BCUT2D eigenvalue weighted by Crippen LogP contribution is 2.31. The summed E-state index contributed by atoms with van der Waals surface area (Å²) in [4.78, 5) is 12.7. The van der Waals surface area contributed by atoms with Crippen LogP contribution >= 0.6 is 34.8 Å². The second-order valence-corrected chi connectivity index (χ2v) is 8.29. The van der Waals surface area contributed by atoms with Crippen molar-refractivity contribution in [3.8, 4) is 0 Å². The van der Waals surface area contributed by atoms with Crippen LogP contribution < -0.4 is 10.6 Å². The quantitative estimate of drug-likeness (QED) is 0.407. The fourth-order valence-corrected chi connectivity index (χ4v) is 4.06. The van der Waals surface area contributed by atoms with Gasteiger partial charge >= 0.3 is 0 Å². The molecule has 0 spiro atoms. The molecule has 0 heterocycles. The molecule has 0 saturated carbocycles. The van der Waals surface area contributed by atoms with Gasteiger partial charge in [0.05, 0.1) is 0 Å². The first-order chi connectivity index (χ1) is 14.5. The predicted molar refractivity (Wildman–Crippen MR) is 125 cm³/mol. The monoisotopic (exact) mass is 460 g/mol. The van der Waals surface area contributed by atoms with E-state index in [1.807, 2.05) is 66.7 Å². The maximum atomic E-state index is 12.7. The summed E-state index contributed by atoms with van der Waals surface area (Å²) in [6.45, 7) is 0. The van der Waals surface area contributed by atoms with Crippen molar-refractivity contribution >= 4 is 40.7 Å². The van der Waals surface area contributed by atoms with Gasteiger partial charge in [-0.15, -0.1) is 0 Å². The lowest BCUT2D eigenvalue weighted by Crippen LogP contribution is -2.38. The molecule has 0 aliphatic carbocycles. The van der Waals surface area contributed by atoms with Crippen molar-refractivity contribution in [2.45, 2.75) is 24.9 Å². The minimum atomic E-state index is -0.516. The normalized spacial score (nSPS) is 12.9. The average Bonchev–Trinajstić information content (AvgIpc) is 2.76. The van der Waals surface area contributed by atoms with Gasteiger partial charge in [0.25, 0.3) is 0 Å². The van der Waals surface area contributed by atoms with Crippen molar-refractivity contribution in [1.82, 2.24) is 10.6 Å². The molecule has 1 amide bonds. The van der Waals surface area contributed by atoms with Gasteiger partial charge in [0.1, 0.15) is 6.04 Å². The molecule has 0 radical (unpaired) electrons. The molecule has 156 valence electrons. The Kier molecular flexibility index (Phi) is 8.17. The van der Waals surface area contributed by atoms with Gasteiger partial charge < -0.3 is 5.32 Å². The Morgan fingerprint density at radius 2 is 1.57 bits per heavy atom. The molecule has 0 bridgehead atoms. The maximum absolute atomic E-state index is 12.7. The molecule has 0 saturated heterocycles. The summed E-state index contributed by atoms with van der Waals surface area (Å²) < 4.78 is 0. The van der Waals surface area contributed by atoms with Gasteiger partial charge in [0.2, 0.25) is 5.91 Å². The summed E-state index contributed by atoms with van der Waals surface area (Å²) in [6, 6.07) is 22.2. The maximum Gasteiger partial charge on any atom is 0.241 e. The minimum absolute atomic E-state index is 0.109. The number of aryl methyl sites for hydroxylation is 1. The van der Waals surface area contributed by atoms with Gasteiger partial charge in [-0.05, 0) is 53.8 Å². The van der Waals surface area contributed by atoms with E-state index < -0.39 is 6.04 Å². The first kappa shape index (κ1) is 22.6. The Bertz CT molecular complexity index is 978. The van der Waals surface area contributed by atoms with E-state index in [2.05, 4.69) is 10.6 Å². The lowest BCUT2D eigenvalue weighted by atomic mass is 9.96. The van der Waals surface area contributed by atoms with E-state index in [1.165, 1.54) is 0 Å². The van der Waals surface area contributed by atoms with E-state index in [-0.39, 0.29) is 11.9 Å². The van der Waals surface area contributed by atoms with E-state index in [0.29, 0.717) is 15.1 Å². The Morgan fingerprint density at radius 3 is 2.20 bits per heavy atom. The summed E-state index contributed by atoms with van der Waals surface area (Å²) in [5.41, 5.74) is 2.95. The third kappa shape index (κ3) is 5.99. The highest BCUT2D eigenvalue weighted by Gasteiger charge is 2.25. The Morgan fingerprint density at radius 1 is 0.900 bits per heavy atom. The number of hydrogen-bond donors (Lipinski definition) is 2. The number of hydrogen-bond acceptors (Lipinski definition) is 2. The largest absolute Gasteiger partial charge is 0.358 e. The molecule has 2 N–H and O–H groups in total. The molecule has 3 aromatic carbocycles. The van der Waals surface area contributed by atoms with E-state index in [0.717, 1.165) is 29.5 Å². The molecule has 6 heteroatoms. The van der Waals surface area contributed by atoms with Crippen molar-refractivity contribution in [2.24, 2.45) is 0 Å². The van der Waals surface area contributed by atoms with Crippen LogP contribution in [0.25, 0.3) is 0 Å². The number of carbonyl (C=O) groups excluding carboxylic acids is 1. The molecule has 0 fully saturated rings. The number of carbonyl (C=O) groups is 1. The first-order valence-corrected chi connectivity index (χ1v) is 10.8. The van der Waals surface area contributed by atoms with Crippen LogP contribution in [0.15, 0.2) is 72.8 Å². The van der Waals surface area contributed by atoms with E-state index in [4.69, 9.17) is 34.8 Å². The van der Waals surface area contributed by atoms with E-state index >= 15 is 0 Å². The van der Waals surface area contributed by atoms with Gasteiger partial charge in [-0.1, -0.05) is 83.3 Å². The number of rotatable bonds is 8. The van der Waals surface area contributed by atoms with Crippen molar-refractivity contribution in [3.05, 3.63) is 105 Å². The van der Waals surface area contributed by atoms with E-state index in [9.17, 15) is 4.79 Å². The standard InChI is InChI=1S/C24H23Cl3N2O/c1-28-24(30)23(17-5-3-2-4-6-17)29-22(20-13-12-19(26)15-21(20)27)14-9-16-7-10-18(25)11-8-16/h2-8,10-13,15,22-23,29H,9,14H2,1H3,(H,28,30)/t22-,23?/m0/s1. The average molecular weight is 462 g/mol. The summed E-state index contributed by atoms with van der Waals surface area (Å²) in [5.74, 6) is -0.109. The predicted octanol–water partition coefficient (Wildman–Crippen LogP) is 6.40. The summed E-state index contributed by atoms with van der Waals surface area (Å²) in [7, 11) is 1.64. The Balaban J connectivity index is 1.90. The number of nitrogens with one attached hydrogen (secondary N) is 2. The van der Waals surface area contributed by atoms with Crippen LogP contribution in [0.5, 0.6) is 0 Å². The lowest BCUT2D eigenvalue weighted by Gasteiger charge is -2.26. The Labute approximate surface area is 192 Å². The fraction of sp³-hybridized carbons (Fsp3) is 0.208. The highest BCUT2D eigenvalue weighted by atomic mass is 35.5. The Hall–Kier alpha value is -2.04. The van der Waals surface area contributed by atoms with E-state index in [1.54, 1.807) is 13.1 Å². The second kappa shape index (κ2) is 10.8. The smallest absolute Gasteiger partial charge is 0.241 e. The van der Waals surface area contributed by atoms with Crippen molar-refractivity contribution in [2.75, 3.05) is 7.05 Å². The minimum Gasteiger partial charge on any atom is -0.358 e. The zero-order valence-corrected chi connectivity index (χ0v) is 18.8. The zero-order valence-electron chi connectivity index (χ0n) is 16.5. The van der Waals surface area contributed by atoms with Crippen molar-refractivity contribution < 1.29 is 4.79 Å². The van der Waals surface area contributed by atoms with Crippen LogP contribution in [0.4, 0.5) is 0 Å². The van der Waals surface area contributed by atoms with Gasteiger partial charge in [0, 0.05) is 28.2 Å². The molecule has 2 atom stereocenters. The SMILES string of the molecule is CNC(=O)C(N[C@@H](CCc1ccc(Cl)cc1)c1ccc(Cl)cc1Cl)c1ccccc1. The van der Waals surface area contributed by atoms with Crippen LogP contribution in [0.2, 0.25) is 15.1 Å². The van der Waals surface area contributed by atoms with Crippen LogP contribution in [0, 0.1) is 0 Å². The number of likely N-dealkylation sites (N-methyl/N-ethyl adjacent to an activating group) is 1. The van der Waals surface area contributed by atoms with Crippen LogP contribution in [-0.2, 0) is 11.2 Å². The molecule has 0 aliphatic heterocycles. The highest BCUT2D eigenvalue weighted by molar-refractivity contribution is 6.35. The summed E-state index contributed by atoms with van der Waals surface area (Å²) in [6.07, 6.45) is 1.53. The number of benzene rings is 3. The van der Waals surface area contributed by atoms with Crippen LogP contribution in [-0.4, -0.2) is 13.0 Å². The molecular formula is C24H23Cl3N2O. The summed E-state index contributed by atoms with van der Waals surface area (Å²) in [5, 5.41) is 8.12. The van der Waals surface area contributed by atoms with Gasteiger partial charge in [-0.3, -0.25) is 10.1 Å². The van der Waals surface area contributed by atoms with Crippen molar-refractivity contribution in [3.63, 3.8) is 0 Å². The fourth-order valence-electron chi connectivity index (χ4n) is 3.39. The molecular weight excluding hydrogens is 439 g/mol. The molecule has 3 nitrogen and oxygen atoms in total. The molecule has 30 heavy (non-hydrogen) atoms. The number of halogens is 3. The second-order valence-electron chi connectivity index (χ2n) is 7.01. The lowest BCUT2D eigenvalue weighted by molar-refractivity contribution is -0.123.